The molecule has 0 saturated heterocycles. The summed E-state index contributed by atoms with van der Waals surface area (Å²) in [6.07, 6.45) is 0.949. The first-order valence-electron chi connectivity index (χ1n) is 13.8. The molecular weight excluding hydrogens is 519 g/mol. The van der Waals surface area contributed by atoms with E-state index < -0.39 is 11.8 Å². The van der Waals surface area contributed by atoms with Crippen LogP contribution in [-0.2, 0) is 24.9 Å². The summed E-state index contributed by atoms with van der Waals surface area (Å²) in [6.45, 7) is 8.50. The maximum Gasteiger partial charge on any atom is 0.324 e. The number of hydrogen-bond donors (Lipinski definition) is 3. The van der Waals surface area contributed by atoms with E-state index >= 15 is 4.39 Å². The molecule has 3 amide bonds. The number of aromatic nitrogens is 2. The summed E-state index contributed by atoms with van der Waals surface area (Å²) < 4.78 is 16.9. The quantitative estimate of drug-likeness (QED) is 0.296. The van der Waals surface area contributed by atoms with E-state index in [1.807, 2.05) is 18.2 Å². The third-order valence-corrected chi connectivity index (χ3v) is 7.73. The Labute approximate surface area is 238 Å². The second kappa shape index (κ2) is 10.2. The molecule has 9 heteroatoms. The van der Waals surface area contributed by atoms with E-state index in [1.54, 1.807) is 22.9 Å². The van der Waals surface area contributed by atoms with Crippen LogP contribution >= 0.6 is 0 Å². The minimum absolute atomic E-state index is 0.0491. The molecule has 6 rings (SSSR count). The van der Waals surface area contributed by atoms with Crippen molar-refractivity contribution in [2.45, 2.75) is 45.7 Å². The predicted octanol–water partition coefficient (Wildman–Crippen LogP) is 5.85. The highest BCUT2D eigenvalue weighted by atomic mass is 19.1. The summed E-state index contributed by atoms with van der Waals surface area (Å²) >= 11 is 0. The first-order chi connectivity index (χ1) is 19.6. The average molecular weight is 553 g/mol. The monoisotopic (exact) mass is 552 g/mol. The van der Waals surface area contributed by atoms with Gasteiger partial charge < -0.3 is 15.5 Å². The van der Waals surface area contributed by atoms with Crippen molar-refractivity contribution < 1.29 is 14.0 Å². The zero-order valence-corrected chi connectivity index (χ0v) is 23.6. The van der Waals surface area contributed by atoms with Gasteiger partial charge in [0.1, 0.15) is 11.6 Å². The van der Waals surface area contributed by atoms with E-state index in [1.165, 1.54) is 23.3 Å². The number of nitrogens with zero attached hydrogens (tertiary/aromatic N) is 3. The van der Waals surface area contributed by atoms with Crippen LogP contribution in [0.2, 0.25) is 0 Å². The van der Waals surface area contributed by atoms with Gasteiger partial charge in [-0.25, -0.2) is 13.9 Å². The van der Waals surface area contributed by atoms with Crippen LogP contribution in [0.5, 0.6) is 0 Å². The van der Waals surface area contributed by atoms with Crippen molar-refractivity contribution in [1.82, 2.24) is 20.0 Å². The molecule has 210 valence electrons. The standard InChI is InChI=1S/C32H33FN6O2/c1-32(2,3)28-16-29(39(37-28)22-10-8-21-18-38(4)13-12-19(21)14-22)36-31(41)35-27-11-9-20(15-26(27)33)23-6-5-7-24-25(23)17-34-30(24)40/h5-11,14-16H,12-13,17-18H2,1-4H3,(H,34,40)(H2,35,36,41). The number of likely N-dealkylation sites (N-methyl/N-ethyl adjacent to an activating group) is 1. The van der Waals surface area contributed by atoms with Gasteiger partial charge in [0.05, 0.1) is 17.1 Å². The maximum atomic E-state index is 15.2. The van der Waals surface area contributed by atoms with Gasteiger partial charge >= 0.3 is 6.03 Å². The minimum Gasteiger partial charge on any atom is -0.348 e. The number of urea groups is 1. The van der Waals surface area contributed by atoms with Crippen LogP contribution < -0.4 is 16.0 Å². The van der Waals surface area contributed by atoms with Crippen molar-refractivity contribution in [2.24, 2.45) is 0 Å². The Bertz CT molecular complexity index is 1690. The number of fused-ring (bicyclic) bond motifs is 2. The highest BCUT2D eigenvalue weighted by Gasteiger charge is 2.24. The van der Waals surface area contributed by atoms with Gasteiger partial charge in [-0.05, 0) is 71.6 Å². The van der Waals surface area contributed by atoms with E-state index in [2.05, 4.69) is 60.8 Å². The van der Waals surface area contributed by atoms with E-state index in [0.29, 0.717) is 23.5 Å². The fraction of sp³-hybridized carbons (Fsp3) is 0.281. The largest absolute Gasteiger partial charge is 0.348 e. The lowest BCUT2D eigenvalue weighted by atomic mass is 9.92. The summed E-state index contributed by atoms with van der Waals surface area (Å²) in [4.78, 5) is 27.4. The van der Waals surface area contributed by atoms with Gasteiger partial charge in [-0.3, -0.25) is 10.1 Å². The molecule has 0 radical (unpaired) electrons. The van der Waals surface area contributed by atoms with Gasteiger partial charge in [-0.15, -0.1) is 0 Å². The van der Waals surface area contributed by atoms with Crippen molar-refractivity contribution in [1.29, 1.82) is 0 Å². The Hall–Kier alpha value is -4.50. The number of halogens is 1. The summed E-state index contributed by atoms with van der Waals surface area (Å²) in [5, 5.41) is 13.2. The number of benzene rings is 3. The van der Waals surface area contributed by atoms with E-state index in [9.17, 15) is 9.59 Å². The van der Waals surface area contributed by atoms with E-state index in [0.717, 1.165) is 42.0 Å². The fourth-order valence-corrected chi connectivity index (χ4v) is 5.42. The van der Waals surface area contributed by atoms with Crippen LogP contribution in [0.4, 0.5) is 20.7 Å². The fourth-order valence-electron chi connectivity index (χ4n) is 5.42. The molecule has 3 aromatic carbocycles. The molecule has 2 aliphatic rings. The molecule has 0 fully saturated rings. The third-order valence-electron chi connectivity index (χ3n) is 7.73. The lowest BCUT2D eigenvalue weighted by molar-refractivity contribution is 0.0965. The summed E-state index contributed by atoms with van der Waals surface area (Å²) in [5.41, 5.74) is 6.91. The first-order valence-corrected chi connectivity index (χ1v) is 13.8. The smallest absolute Gasteiger partial charge is 0.324 e. The molecule has 3 N–H and O–H groups in total. The van der Waals surface area contributed by atoms with Gasteiger partial charge in [0.15, 0.2) is 0 Å². The number of nitrogens with one attached hydrogen (secondary N) is 3. The minimum atomic E-state index is -0.576. The third kappa shape index (κ3) is 5.20. The number of rotatable bonds is 4. The maximum absolute atomic E-state index is 15.2. The van der Waals surface area contributed by atoms with E-state index in [-0.39, 0.29) is 17.0 Å². The van der Waals surface area contributed by atoms with Gasteiger partial charge in [0, 0.05) is 36.7 Å². The molecule has 41 heavy (non-hydrogen) atoms. The highest BCUT2D eigenvalue weighted by molar-refractivity contribution is 6.01. The Morgan fingerprint density at radius 3 is 2.59 bits per heavy atom. The van der Waals surface area contributed by atoms with Crippen molar-refractivity contribution in [3.05, 3.63) is 94.4 Å². The number of hydrogen-bond acceptors (Lipinski definition) is 4. The van der Waals surface area contributed by atoms with Gasteiger partial charge in [0.2, 0.25) is 0 Å². The van der Waals surface area contributed by atoms with Crippen LogP contribution in [0, 0.1) is 5.82 Å². The van der Waals surface area contributed by atoms with Crippen LogP contribution in [-0.4, -0.2) is 40.2 Å². The summed E-state index contributed by atoms with van der Waals surface area (Å²) in [6, 6.07) is 17.6. The summed E-state index contributed by atoms with van der Waals surface area (Å²) in [5.74, 6) is -0.209. The van der Waals surface area contributed by atoms with E-state index in [4.69, 9.17) is 5.10 Å². The molecule has 0 bridgehead atoms. The van der Waals surface area contributed by atoms with Gasteiger partial charge in [0.25, 0.3) is 5.91 Å². The van der Waals surface area contributed by atoms with Crippen molar-refractivity contribution >= 4 is 23.4 Å². The lowest BCUT2D eigenvalue weighted by Gasteiger charge is -2.25. The molecule has 0 saturated carbocycles. The Balaban J connectivity index is 1.25. The molecular formula is C32H33FN6O2. The van der Waals surface area contributed by atoms with Crippen molar-refractivity contribution in [3.63, 3.8) is 0 Å². The Morgan fingerprint density at radius 1 is 1.00 bits per heavy atom. The van der Waals surface area contributed by atoms with Crippen LogP contribution in [0.1, 0.15) is 53.5 Å². The first kappa shape index (κ1) is 26.7. The second-order valence-corrected chi connectivity index (χ2v) is 11.8. The van der Waals surface area contributed by atoms with Crippen LogP contribution in [0.25, 0.3) is 16.8 Å². The molecule has 0 aliphatic carbocycles. The average Bonchev–Trinajstić information content (AvgIpc) is 3.53. The number of carbonyl (C=O) groups excluding carboxylic acids is 2. The molecule has 2 aliphatic heterocycles. The number of amides is 3. The number of carbonyl (C=O) groups is 2. The van der Waals surface area contributed by atoms with Gasteiger partial charge in [-0.2, -0.15) is 5.10 Å². The Morgan fingerprint density at radius 2 is 1.80 bits per heavy atom. The topological polar surface area (TPSA) is 91.3 Å². The van der Waals surface area contributed by atoms with Crippen molar-refractivity contribution in [2.75, 3.05) is 24.2 Å². The van der Waals surface area contributed by atoms with Crippen molar-refractivity contribution in [3.8, 4) is 16.8 Å². The summed E-state index contributed by atoms with van der Waals surface area (Å²) in [7, 11) is 2.12. The normalized spacial score (nSPS) is 14.8. The van der Waals surface area contributed by atoms with Crippen LogP contribution in [0.3, 0.4) is 0 Å². The molecule has 3 heterocycles. The molecule has 4 aromatic rings. The molecule has 1 aromatic heterocycles. The second-order valence-electron chi connectivity index (χ2n) is 11.8. The van der Waals surface area contributed by atoms with Crippen LogP contribution in [0.15, 0.2) is 60.7 Å². The molecule has 0 unspecified atom stereocenters. The predicted molar refractivity (Wildman–Crippen MR) is 158 cm³/mol. The Kier molecular flexibility index (Phi) is 6.62. The number of anilines is 2. The molecule has 8 nitrogen and oxygen atoms in total. The molecule has 0 atom stereocenters. The SMILES string of the molecule is CN1CCc2cc(-n3nc(C(C)(C)C)cc3NC(=O)Nc3ccc(-c4cccc5c4CNC5=O)cc3F)ccc2C1. The molecule has 0 spiro atoms. The zero-order valence-electron chi connectivity index (χ0n) is 23.6. The zero-order chi connectivity index (χ0) is 28.9. The highest BCUT2D eigenvalue weighted by Crippen LogP contribution is 2.32. The van der Waals surface area contributed by atoms with Gasteiger partial charge in [-0.1, -0.05) is 45.0 Å². The lowest BCUT2D eigenvalue weighted by Crippen LogP contribution is -2.26.